The van der Waals surface area contributed by atoms with Gasteiger partial charge in [-0.1, -0.05) is 6.07 Å². The molecule has 0 spiro atoms. The summed E-state index contributed by atoms with van der Waals surface area (Å²) in [7, 11) is 0. The smallest absolute Gasteiger partial charge is 0.416 e. The van der Waals surface area contributed by atoms with Crippen LogP contribution < -0.4 is 0 Å². The first-order chi connectivity index (χ1) is 13.4. The Labute approximate surface area is 168 Å². The molecular formula is C21H26F3NO4. The van der Waals surface area contributed by atoms with Crippen LogP contribution >= 0.6 is 0 Å². The molecular weight excluding hydrogens is 387 g/mol. The van der Waals surface area contributed by atoms with Crippen LogP contribution in [0.15, 0.2) is 18.2 Å². The Kier molecular flexibility index (Phi) is 5.69. The van der Waals surface area contributed by atoms with Crippen molar-refractivity contribution in [3.63, 3.8) is 0 Å². The summed E-state index contributed by atoms with van der Waals surface area (Å²) in [5, 5.41) is 0. The molecule has 2 unspecified atom stereocenters. The number of benzene rings is 1. The van der Waals surface area contributed by atoms with E-state index in [1.54, 1.807) is 32.6 Å². The van der Waals surface area contributed by atoms with E-state index in [2.05, 4.69) is 0 Å². The number of fused-ring (bicyclic) bond motifs is 2. The van der Waals surface area contributed by atoms with E-state index in [4.69, 9.17) is 9.47 Å². The summed E-state index contributed by atoms with van der Waals surface area (Å²) in [6.07, 6.45) is -4.28. The lowest BCUT2D eigenvalue weighted by Gasteiger charge is -2.47. The van der Waals surface area contributed by atoms with Crippen molar-refractivity contribution in [3.05, 3.63) is 34.9 Å². The second kappa shape index (κ2) is 7.63. The first kappa shape index (κ1) is 21.6. The third-order valence-corrected chi connectivity index (χ3v) is 5.33. The topological polar surface area (TPSA) is 55.8 Å². The van der Waals surface area contributed by atoms with Gasteiger partial charge in [0.15, 0.2) is 5.78 Å². The van der Waals surface area contributed by atoms with E-state index in [9.17, 15) is 22.8 Å². The van der Waals surface area contributed by atoms with Gasteiger partial charge >= 0.3 is 12.3 Å². The van der Waals surface area contributed by atoms with Crippen molar-refractivity contribution in [2.75, 3.05) is 13.2 Å². The molecule has 2 fully saturated rings. The van der Waals surface area contributed by atoms with E-state index in [1.807, 2.05) is 0 Å². The molecule has 0 saturated carbocycles. The number of piperidine rings is 1. The standard InChI is InChI=1S/C21H26F3NO4/c1-12-5-6-14(21(22,23)24)9-17(12)18(26)13-7-15-10-28-11-16(8-13)25(15)19(27)29-20(2,3)4/h5-6,9,13,15-16H,7-8,10-11H2,1-4H3. The summed E-state index contributed by atoms with van der Waals surface area (Å²) < 4.78 is 50.3. The first-order valence-electron chi connectivity index (χ1n) is 9.68. The molecule has 0 aromatic heterocycles. The number of ether oxygens (including phenoxy) is 2. The molecule has 1 aromatic carbocycles. The zero-order chi connectivity index (χ0) is 21.6. The minimum atomic E-state index is -4.51. The Morgan fingerprint density at radius 1 is 1.10 bits per heavy atom. The zero-order valence-electron chi connectivity index (χ0n) is 17.0. The van der Waals surface area contributed by atoms with Crippen molar-refractivity contribution < 1.29 is 32.2 Å². The molecule has 2 saturated heterocycles. The summed E-state index contributed by atoms with van der Waals surface area (Å²) in [4.78, 5) is 27.4. The SMILES string of the molecule is Cc1ccc(C(F)(F)F)cc1C(=O)C1CC2COCC(C1)N2C(=O)OC(C)(C)C. The minimum absolute atomic E-state index is 0.0922. The van der Waals surface area contributed by atoms with Crippen LogP contribution in [0.4, 0.5) is 18.0 Å². The van der Waals surface area contributed by atoms with Crippen LogP contribution in [0.2, 0.25) is 0 Å². The van der Waals surface area contributed by atoms with Crippen LogP contribution in [0.1, 0.15) is 55.1 Å². The average Bonchev–Trinajstić information content (AvgIpc) is 2.57. The Bertz CT molecular complexity index is 786. The highest BCUT2D eigenvalue weighted by molar-refractivity contribution is 5.99. The molecule has 2 aliphatic heterocycles. The molecule has 2 heterocycles. The summed E-state index contributed by atoms with van der Waals surface area (Å²) in [6.45, 7) is 7.53. The lowest BCUT2D eigenvalue weighted by molar-refractivity contribution is -0.137. The number of nitrogens with zero attached hydrogens (tertiary/aromatic N) is 1. The lowest BCUT2D eigenvalue weighted by atomic mass is 9.80. The molecule has 2 aliphatic rings. The van der Waals surface area contributed by atoms with Gasteiger partial charge in [-0.2, -0.15) is 13.2 Å². The first-order valence-corrected chi connectivity index (χ1v) is 9.68. The number of amides is 1. The summed E-state index contributed by atoms with van der Waals surface area (Å²) in [5.74, 6) is -0.774. The number of carbonyl (C=O) groups excluding carboxylic acids is 2. The molecule has 0 N–H and O–H groups in total. The predicted octanol–water partition coefficient (Wildman–Crippen LogP) is 4.61. The molecule has 0 radical (unpaired) electrons. The number of hydrogen-bond acceptors (Lipinski definition) is 4. The number of halogens is 3. The third kappa shape index (κ3) is 4.74. The van der Waals surface area contributed by atoms with E-state index >= 15 is 0 Å². The van der Waals surface area contributed by atoms with Gasteiger partial charge in [0.1, 0.15) is 5.60 Å². The highest BCUT2D eigenvalue weighted by Gasteiger charge is 2.45. The fraction of sp³-hybridized carbons (Fsp3) is 0.619. The van der Waals surface area contributed by atoms with Gasteiger partial charge in [0.25, 0.3) is 0 Å². The van der Waals surface area contributed by atoms with Crippen LogP contribution in [-0.4, -0.2) is 47.7 Å². The summed E-state index contributed by atoms with van der Waals surface area (Å²) in [5.41, 5.74) is -0.872. The zero-order valence-corrected chi connectivity index (χ0v) is 17.0. The Balaban J connectivity index is 1.81. The number of ketones is 1. The monoisotopic (exact) mass is 413 g/mol. The van der Waals surface area contributed by atoms with Crippen LogP contribution in [0, 0.1) is 12.8 Å². The number of aryl methyl sites for hydroxylation is 1. The maximum absolute atomic E-state index is 13.1. The molecule has 1 aromatic rings. The maximum Gasteiger partial charge on any atom is 0.416 e. The average molecular weight is 413 g/mol. The van der Waals surface area contributed by atoms with E-state index in [0.717, 1.165) is 12.1 Å². The van der Waals surface area contributed by atoms with Gasteiger partial charge in [-0.3, -0.25) is 9.69 Å². The molecule has 3 rings (SSSR count). The number of Topliss-reactive ketones (excluding diaryl/α,β-unsaturated/α-hetero) is 1. The van der Waals surface area contributed by atoms with Crippen molar-refractivity contribution in [1.82, 2.24) is 4.90 Å². The van der Waals surface area contributed by atoms with Crippen molar-refractivity contribution >= 4 is 11.9 Å². The fourth-order valence-electron chi connectivity index (χ4n) is 4.03. The molecule has 2 atom stereocenters. The third-order valence-electron chi connectivity index (χ3n) is 5.33. The minimum Gasteiger partial charge on any atom is -0.444 e. The molecule has 160 valence electrons. The highest BCUT2D eigenvalue weighted by atomic mass is 19.4. The highest BCUT2D eigenvalue weighted by Crippen LogP contribution is 2.36. The Morgan fingerprint density at radius 3 is 2.21 bits per heavy atom. The second-order valence-electron chi connectivity index (χ2n) is 8.79. The Morgan fingerprint density at radius 2 is 1.69 bits per heavy atom. The lowest BCUT2D eigenvalue weighted by Crippen LogP contribution is -2.60. The summed E-state index contributed by atoms with van der Waals surface area (Å²) in [6, 6.07) is 2.58. The number of alkyl halides is 3. The number of rotatable bonds is 2. The van der Waals surface area contributed by atoms with Gasteiger partial charge < -0.3 is 9.47 Å². The van der Waals surface area contributed by atoms with Crippen LogP contribution in [0.5, 0.6) is 0 Å². The van der Waals surface area contributed by atoms with E-state index in [-0.39, 0.29) is 36.6 Å². The largest absolute Gasteiger partial charge is 0.444 e. The number of carbonyl (C=O) groups is 2. The van der Waals surface area contributed by atoms with Gasteiger partial charge in [-0.05, 0) is 58.2 Å². The molecule has 8 heteroatoms. The van der Waals surface area contributed by atoms with Gasteiger partial charge in [-0.15, -0.1) is 0 Å². The van der Waals surface area contributed by atoms with E-state index < -0.39 is 29.4 Å². The van der Waals surface area contributed by atoms with Gasteiger partial charge in [0.2, 0.25) is 0 Å². The number of morpholine rings is 1. The molecule has 1 amide bonds. The predicted molar refractivity (Wildman–Crippen MR) is 99.7 cm³/mol. The van der Waals surface area contributed by atoms with E-state index in [0.29, 0.717) is 18.4 Å². The second-order valence-corrected chi connectivity index (χ2v) is 8.79. The van der Waals surface area contributed by atoms with Gasteiger partial charge in [-0.25, -0.2) is 4.79 Å². The fourth-order valence-corrected chi connectivity index (χ4v) is 4.03. The van der Waals surface area contributed by atoms with Crippen molar-refractivity contribution in [2.45, 2.75) is 64.4 Å². The van der Waals surface area contributed by atoms with Crippen molar-refractivity contribution in [1.29, 1.82) is 0 Å². The van der Waals surface area contributed by atoms with Crippen molar-refractivity contribution in [2.24, 2.45) is 5.92 Å². The Hall–Kier alpha value is -2.09. The van der Waals surface area contributed by atoms with Crippen LogP contribution in [0.25, 0.3) is 0 Å². The molecule has 29 heavy (non-hydrogen) atoms. The maximum atomic E-state index is 13.1. The van der Waals surface area contributed by atoms with Crippen LogP contribution in [-0.2, 0) is 15.7 Å². The van der Waals surface area contributed by atoms with Crippen molar-refractivity contribution in [3.8, 4) is 0 Å². The van der Waals surface area contributed by atoms with Gasteiger partial charge in [0, 0.05) is 11.5 Å². The van der Waals surface area contributed by atoms with Crippen LogP contribution in [0.3, 0.4) is 0 Å². The van der Waals surface area contributed by atoms with Gasteiger partial charge in [0.05, 0.1) is 30.9 Å². The summed E-state index contributed by atoms with van der Waals surface area (Å²) >= 11 is 0. The number of hydrogen-bond donors (Lipinski definition) is 0. The molecule has 0 aliphatic carbocycles. The molecule has 2 bridgehead atoms. The quantitative estimate of drug-likeness (QED) is 0.665. The van der Waals surface area contributed by atoms with E-state index in [1.165, 1.54) is 6.07 Å². The normalized spacial score (nSPS) is 24.9. The molecule has 5 nitrogen and oxygen atoms in total.